The van der Waals surface area contributed by atoms with Crippen LogP contribution in [0.3, 0.4) is 0 Å². The van der Waals surface area contributed by atoms with Crippen molar-refractivity contribution in [1.29, 1.82) is 5.26 Å². The molecule has 1 aliphatic heterocycles. The highest BCUT2D eigenvalue weighted by molar-refractivity contribution is 5.96. The standard InChI is InChI=1S/C17H20N6O/c1-2-19-11-14-12-23(21-20-14)16-4-3-9-22(17(16)24)15-7-5-13(10-18)6-8-15/h5-8,12,16,19H,2-4,9,11H2,1H3. The predicted molar refractivity (Wildman–Crippen MR) is 89.2 cm³/mol. The second kappa shape index (κ2) is 7.23. The number of nitriles is 1. The Balaban J connectivity index is 1.77. The summed E-state index contributed by atoms with van der Waals surface area (Å²) in [5, 5.41) is 20.4. The quantitative estimate of drug-likeness (QED) is 0.903. The molecule has 124 valence electrons. The second-order valence-corrected chi connectivity index (χ2v) is 5.78. The van der Waals surface area contributed by atoms with E-state index in [1.54, 1.807) is 21.7 Å². The fourth-order valence-electron chi connectivity index (χ4n) is 2.87. The molecule has 0 saturated carbocycles. The van der Waals surface area contributed by atoms with Gasteiger partial charge in [0.05, 0.1) is 23.5 Å². The van der Waals surface area contributed by atoms with Crippen molar-refractivity contribution in [1.82, 2.24) is 20.3 Å². The van der Waals surface area contributed by atoms with Gasteiger partial charge in [-0.05, 0) is 43.7 Å². The monoisotopic (exact) mass is 324 g/mol. The first-order chi connectivity index (χ1) is 11.7. The summed E-state index contributed by atoms with van der Waals surface area (Å²) in [6.07, 6.45) is 3.50. The summed E-state index contributed by atoms with van der Waals surface area (Å²) < 4.78 is 1.67. The highest BCUT2D eigenvalue weighted by Gasteiger charge is 2.31. The topological polar surface area (TPSA) is 86.8 Å². The van der Waals surface area contributed by atoms with Gasteiger partial charge >= 0.3 is 0 Å². The van der Waals surface area contributed by atoms with Crippen LogP contribution in [0.4, 0.5) is 5.69 Å². The third-order valence-electron chi connectivity index (χ3n) is 4.15. The molecule has 1 N–H and O–H groups in total. The van der Waals surface area contributed by atoms with Crippen molar-refractivity contribution < 1.29 is 4.79 Å². The minimum atomic E-state index is -0.322. The minimum absolute atomic E-state index is 0.0193. The van der Waals surface area contributed by atoms with Crippen molar-refractivity contribution in [2.24, 2.45) is 0 Å². The van der Waals surface area contributed by atoms with Crippen LogP contribution in [0.2, 0.25) is 0 Å². The number of carbonyl (C=O) groups is 1. The van der Waals surface area contributed by atoms with Crippen LogP contribution in [0, 0.1) is 11.3 Å². The number of anilines is 1. The molecule has 24 heavy (non-hydrogen) atoms. The molecule has 2 heterocycles. The van der Waals surface area contributed by atoms with Crippen LogP contribution < -0.4 is 10.2 Å². The predicted octanol–water partition coefficient (Wildman–Crippen LogP) is 1.63. The summed E-state index contributed by atoms with van der Waals surface area (Å²) in [6, 6.07) is 8.87. The molecule has 1 aliphatic rings. The van der Waals surface area contributed by atoms with E-state index in [9.17, 15) is 4.79 Å². The van der Waals surface area contributed by atoms with Crippen molar-refractivity contribution in [3.63, 3.8) is 0 Å². The highest BCUT2D eigenvalue weighted by atomic mass is 16.2. The molecule has 1 aromatic heterocycles. The summed E-state index contributed by atoms with van der Waals surface area (Å²) >= 11 is 0. The molecule has 1 amide bonds. The lowest BCUT2D eigenvalue weighted by molar-refractivity contribution is -0.123. The summed E-state index contributed by atoms with van der Waals surface area (Å²) in [5.74, 6) is 0.0193. The first-order valence-corrected chi connectivity index (χ1v) is 8.16. The number of hydrogen-bond donors (Lipinski definition) is 1. The lowest BCUT2D eigenvalue weighted by Gasteiger charge is -2.32. The molecule has 2 aromatic rings. The van der Waals surface area contributed by atoms with E-state index in [1.807, 2.05) is 25.3 Å². The highest BCUT2D eigenvalue weighted by Crippen LogP contribution is 2.27. The molecular formula is C17H20N6O. The normalized spacial score (nSPS) is 17.8. The van der Waals surface area contributed by atoms with Crippen molar-refractivity contribution in [2.45, 2.75) is 32.4 Å². The first-order valence-electron chi connectivity index (χ1n) is 8.16. The summed E-state index contributed by atoms with van der Waals surface area (Å²) in [7, 11) is 0. The van der Waals surface area contributed by atoms with Crippen LogP contribution in [-0.2, 0) is 11.3 Å². The minimum Gasteiger partial charge on any atom is -0.311 e. The molecule has 7 nitrogen and oxygen atoms in total. The molecule has 0 bridgehead atoms. The van der Waals surface area contributed by atoms with Crippen LogP contribution in [-0.4, -0.2) is 34.0 Å². The van der Waals surface area contributed by atoms with Gasteiger partial charge in [-0.1, -0.05) is 12.1 Å². The molecule has 1 atom stereocenters. The third-order valence-corrected chi connectivity index (χ3v) is 4.15. The summed E-state index contributed by atoms with van der Waals surface area (Å²) in [5.41, 5.74) is 2.24. The maximum Gasteiger partial charge on any atom is 0.251 e. The Morgan fingerprint density at radius 3 is 2.88 bits per heavy atom. The van der Waals surface area contributed by atoms with E-state index in [2.05, 4.69) is 21.7 Å². The van der Waals surface area contributed by atoms with Crippen LogP contribution >= 0.6 is 0 Å². The fourth-order valence-corrected chi connectivity index (χ4v) is 2.87. The van der Waals surface area contributed by atoms with Gasteiger partial charge in [0.1, 0.15) is 6.04 Å². The van der Waals surface area contributed by atoms with Crippen LogP contribution in [0.15, 0.2) is 30.5 Å². The molecule has 7 heteroatoms. The maximum absolute atomic E-state index is 12.9. The van der Waals surface area contributed by atoms with E-state index in [1.165, 1.54) is 0 Å². The number of hydrogen-bond acceptors (Lipinski definition) is 5. The zero-order valence-corrected chi connectivity index (χ0v) is 13.6. The lowest BCUT2D eigenvalue weighted by atomic mass is 10.0. The Kier molecular flexibility index (Phi) is 4.87. The average molecular weight is 324 g/mol. The van der Waals surface area contributed by atoms with Crippen LogP contribution in [0.5, 0.6) is 0 Å². The number of nitrogens with zero attached hydrogens (tertiary/aromatic N) is 5. The van der Waals surface area contributed by atoms with E-state index in [0.717, 1.165) is 30.8 Å². The molecule has 1 saturated heterocycles. The number of carbonyl (C=O) groups excluding carboxylic acids is 1. The largest absolute Gasteiger partial charge is 0.311 e. The number of amides is 1. The Labute approximate surface area is 140 Å². The Morgan fingerprint density at radius 1 is 1.38 bits per heavy atom. The van der Waals surface area contributed by atoms with Gasteiger partial charge in [0, 0.05) is 18.8 Å². The molecule has 0 spiro atoms. The van der Waals surface area contributed by atoms with E-state index in [0.29, 0.717) is 18.7 Å². The molecule has 1 aromatic carbocycles. The second-order valence-electron chi connectivity index (χ2n) is 5.78. The van der Waals surface area contributed by atoms with Gasteiger partial charge in [0.25, 0.3) is 5.91 Å². The zero-order valence-electron chi connectivity index (χ0n) is 13.6. The maximum atomic E-state index is 12.9. The Morgan fingerprint density at radius 2 is 2.17 bits per heavy atom. The molecule has 1 unspecified atom stereocenters. The first kappa shape index (κ1) is 16.1. The lowest BCUT2D eigenvalue weighted by Crippen LogP contribution is -2.42. The van der Waals surface area contributed by atoms with Gasteiger partial charge in [-0.25, -0.2) is 4.68 Å². The average Bonchev–Trinajstić information content (AvgIpc) is 3.09. The molecular weight excluding hydrogens is 304 g/mol. The summed E-state index contributed by atoms with van der Waals surface area (Å²) in [6.45, 7) is 4.23. The Hall–Kier alpha value is -2.72. The van der Waals surface area contributed by atoms with Crippen LogP contribution in [0.25, 0.3) is 0 Å². The van der Waals surface area contributed by atoms with Gasteiger partial charge in [0.2, 0.25) is 0 Å². The number of benzene rings is 1. The summed E-state index contributed by atoms with van der Waals surface area (Å²) in [4.78, 5) is 14.6. The smallest absolute Gasteiger partial charge is 0.251 e. The number of aromatic nitrogens is 3. The number of rotatable bonds is 5. The van der Waals surface area contributed by atoms with E-state index in [4.69, 9.17) is 5.26 Å². The molecule has 3 rings (SSSR count). The van der Waals surface area contributed by atoms with Crippen molar-refractivity contribution in [3.8, 4) is 6.07 Å². The third kappa shape index (κ3) is 3.29. The van der Waals surface area contributed by atoms with E-state index < -0.39 is 0 Å². The SMILES string of the molecule is CCNCc1cn(C2CCCN(c3ccc(C#N)cc3)C2=O)nn1. The van der Waals surface area contributed by atoms with Crippen molar-refractivity contribution in [3.05, 3.63) is 41.7 Å². The molecule has 0 radical (unpaired) electrons. The number of nitrogens with one attached hydrogen (secondary N) is 1. The van der Waals surface area contributed by atoms with Gasteiger partial charge in [-0.15, -0.1) is 5.10 Å². The Bertz CT molecular complexity index is 745. The van der Waals surface area contributed by atoms with Gasteiger partial charge in [-0.2, -0.15) is 5.26 Å². The molecule has 1 fully saturated rings. The van der Waals surface area contributed by atoms with Crippen LogP contribution in [0.1, 0.15) is 37.1 Å². The molecule has 0 aliphatic carbocycles. The fraction of sp³-hybridized carbons (Fsp3) is 0.412. The van der Waals surface area contributed by atoms with Gasteiger partial charge in [-0.3, -0.25) is 4.79 Å². The van der Waals surface area contributed by atoms with Crippen molar-refractivity contribution >= 4 is 11.6 Å². The zero-order chi connectivity index (χ0) is 16.9. The van der Waals surface area contributed by atoms with E-state index >= 15 is 0 Å². The van der Waals surface area contributed by atoms with E-state index in [-0.39, 0.29) is 11.9 Å². The van der Waals surface area contributed by atoms with Crippen molar-refractivity contribution in [2.75, 3.05) is 18.0 Å². The number of piperidine rings is 1. The van der Waals surface area contributed by atoms with Gasteiger partial charge < -0.3 is 10.2 Å². The van der Waals surface area contributed by atoms with Gasteiger partial charge in [0.15, 0.2) is 0 Å².